The van der Waals surface area contributed by atoms with Gasteiger partial charge in [-0.05, 0) is 99.1 Å². The molecule has 2 aromatic heterocycles. The van der Waals surface area contributed by atoms with Crippen LogP contribution in [0.2, 0.25) is 0 Å². The summed E-state index contributed by atoms with van der Waals surface area (Å²) >= 11 is 0. The van der Waals surface area contributed by atoms with Crippen LogP contribution in [0.1, 0.15) is 47.6 Å². The minimum atomic E-state index is 0.217. The van der Waals surface area contributed by atoms with Crippen molar-refractivity contribution in [2.45, 2.75) is 53.0 Å². The molecule has 1 aliphatic heterocycles. The van der Waals surface area contributed by atoms with E-state index in [1.165, 1.54) is 33.5 Å². The minimum absolute atomic E-state index is 0.217. The van der Waals surface area contributed by atoms with Crippen LogP contribution in [0.25, 0.3) is 0 Å². The maximum atomic E-state index is 9.00. The Kier molecular flexibility index (Phi) is 12.0. The van der Waals surface area contributed by atoms with Gasteiger partial charge in [0.1, 0.15) is 5.82 Å². The number of anilines is 3. The van der Waals surface area contributed by atoms with E-state index in [-0.39, 0.29) is 6.61 Å². The van der Waals surface area contributed by atoms with Crippen molar-refractivity contribution in [3.05, 3.63) is 76.7 Å². The summed E-state index contributed by atoms with van der Waals surface area (Å²) in [7, 11) is 3.76. The smallest absolute Gasteiger partial charge is 0.130 e. The lowest BCUT2D eigenvalue weighted by Crippen LogP contribution is -2.31. The summed E-state index contributed by atoms with van der Waals surface area (Å²) in [6.45, 7) is 11.1. The van der Waals surface area contributed by atoms with E-state index in [0.717, 1.165) is 70.0 Å². The molecule has 3 heterocycles. The number of aliphatic hydroxyl groups excluding tert-OH is 1. The molecule has 0 unspecified atom stereocenters. The molecule has 0 aliphatic carbocycles. The molecule has 0 spiro atoms. The third-order valence-corrected chi connectivity index (χ3v) is 7.00. The molecule has 0 atom stereocenters. The van der Waals surface area contributed by atoms with E-state index >= 15 is 0 Å². The molecule has 1 aromatic carbocycles. The molecule has 38 heavy (non-hydrogen) atoms. The van der Waals surface area contributed by atoms with E-state index in [0.29, 0.717) is 0 Å². The second-order valence-corrected chi connectivity index (χ2v) is 10.1. The van der Waals surface area contributed by atoms with Crippen LogP contribution >= 0.6 is 0 Å². The highest BCUT2D eigenvalue weighted by atomic mass is 16.5. The number of pyridine rings is 2. The van der Waals surface area contributed by atoms with E-state index in [9.17, 15) is 0 Å². The van der Waals surface area contributed by atoms with Gasteiger partial charge in [-0.3, -0.25) is 4.98 Å². The summed E-state index contributed by atoms with van der Waals surface area (Å²) in [5, 5.41) is 12.5. The standard InChI is InChI=1S/C27H35N5O.C4H10O/c1-20-16-28-18-26(21(20)2)32-12-10-23-17-29-27(15-24(23)19-32)30-25-8-6-22(7-9-25)5-4-11-31(3)13-14-33;1-3-4-5-2/h6-9,15-18,33H,4-5,10-14,19H2,1-3H3,(H,29,30);3-4H2,1-2H3. The van der Waals surface area contributed by atoms with E-state index in [4.69, 9.17) is 9.84 Å². The van der Waals surface area contributed by atoms with E-state index in [2.05, 4.69) is 76.2 Å². The van der Waals surface area contributed by atoms with Crippen LogP contribution in [-0.4, -0.2) is 67.0 Å². The number of nitrogens with zero attached hydrogens (tertiary/aromatic N) is 4. The van der Waals surface area contributed by atoms with Gasteiger partial charge in [-0.25, -0.2) is 4.98 Å². The molecule has 0 saturated carbocycles. The zero-order valence-electron chi connectivity index (χ0n) is 23.8. The molecule has 7 heteroatoms. The summed E-state index contributed by atoms with van der Waals surface area (Å²) in [6, 6.07) is 10.8. The average molecular weight is 520 g/mol. The number of ether oxygens (including phenoxy) is 1. The first-order valence-corrected chi connectivity index (χ1v) is 13.7. The van der Waals surface area contributed by atoms with Crippen molar-refractivity contribution in [1.29, 1.82) is 0 Å². The highest BCUT2D eigenvalue weighted by Gasteiger charge is 2.19. The molecule has 0 fully saturated rings. The molecule has 7 nitrogen and oxygen atoms in total. The lowest BCUT2D eigenvalue weighted by Gasteiger charge is -2.32. The summed E-state index contributed by atoms with van der Waals surface area (Å²) in [4.78, 5) is 13.7. The van der Waals surface area contributed by atoms with Crippen LogP contribution in [0.15, 0.2) is 48.9 Å². The van der Waals surface area contributed by atoms with E-state index in [1.807, 2.05) is 25.6 Å². The Labute approximate surface area is 228 Å². The summed E-state index contributed by atoms with van der Waals surface area (Å²) in [5.41, 5.74) is 8.80. The number of methoxy groups -OCH3 is 1. The Morgan fingerprint density at radius 3 is 2.55 bits per heavy atom. The first-order chi connectivity index (χ1) is 18.4. The molecule has 206 valence electrons. The monoisotopic (exact) mass is 519 g/mol. The molecule has 0 bridgehead atoms. The maximum absolute atomic E-state index is 9.00. The molecule has 0 radical (unpaired) electrons. The van der Waals surface area contributed by atoms with Crippen molar-refractivity contribution in [1.82, 2.24) is 14.9 Å². The van der Waals surface area contributed by atoms with Crippen LogP contribution in [0.3, 0.4) is 0 Å². The summed E-state index contributed by atoms with van der Waals surface area (Å²) in [5.74, 6) is 0.882. The predicted molar refractivity (Wildman–Crippen MR) is 157 cm³/mol. The Morgan fingerprint density at radius 1 is 1.08 bits per heavy atom. The van der Waals surface area contributed by atoms with Crippen molar-refractivity contribution in [2.24, 2.45) is 0 Å². The quantitative estimate of drug-likeness (QED) is 0.356. The number of rotatable bonds is 11. The number of likely N-dealkylation sites (N-methyl/N-ethyl adjacent to an activating group) is 1. The van der Waals surface area contributed by atoms with Crippen molar-refractivity contribution >= 4 is 17.2 Å². The molecular weight excluding hydrogens is 474 g/mol. The highest BCUT2D eigenvalue weighted by molar-refractivity contribution is 5.60. The number of hydrogen-bond acceptors (Lipinski definition) is 7. The lowest BCUT2D eigenvalue weighted by atomic mass is 10.0. The zero-order chi connectivity index (χ0) is 27.3. The summed E-state index contributed by atoms with van der Waals surface area (Å²) < 4.78 is 4.69. The number of aromatic nitrogens is 2. The van der Waals surface area contributed by atoms with Crippen LogP contribution in [-0.2, 0) is 24.1 Å². The molecular formula is C31H45N5O2. The Balaban J connectivity index is 0.000000732. The Bertz CT molecular complexity index is 1120. The fourth-order valence-corrected chi connectivity index (χ4v) is 4.59. The van der Waals surface area contributed by atoms with Gasteiger partial charge in [0.15, 0.2) is 0 Å². The molecule has 3 aromatic rings. The van der Waals surface area contributed by atoms with Gasteiger partial charge in [-0.2, -0.15) is 0 Å². The Hall–Kier alpha value is -3.00. The van der Waals surface area contributed by atoms with Crippen LogP contribution in [0.4, 0.5) is 17.2 Å². The van der Waals surface area contributed by atoms with Crippen molar-refractivity contribution in [3.8, 4) is 0 Å². The van der Waals surface area contributed by atoms with Crippen LogP contribution in [0, 0.1) is 13.8 Å². The van der Waals surface area contributed by atoms with Crippen LogP contribution < -0.4 is 10.2 Å². The van der Waals surface area contributed by atoms with Crippen molar-refractivity contribution in [2.75, 3.05) is 57.2 Å². The predicted octanol–water partition coefficient (Wildman–Crippen LogP) is 5.30. The molecule has 0 amide bonds. The average Bonchev–Trinajstić information content (AvgIpc) is 2.92. The van der Waals surface area contributed by atoms with Gasteiger partial charge in [-0.1, -0.05) is 19.1 Å². The number of aryl methyl sites for hydroxylation is 2. The van der Waals surface area contributed by atoms with Gasteiger partial charge in [0, 0.05) is 51.4 Å². The molecule has 0 saturated heterocycles. The fraction of sp³-hybridized carbons (Fsp3) is 0.484. The maximum Gasteiger partial charge on any atom is 0.130 e. The zero-order valence-corrected chi connectivity index (χ0v) is 23.8. The number of benzene rings is 1. The largest absolute Gasteiger partial charge is 0.395 e. The first-order valence-electron chi connectivity index (χ1n) is 13.7. The SMILES string of the molecule is CCCOC.Cc1cncc(N2CCc3cnc(Nc4ccc(CCCN(C)CCO)cc4)cc3C2)c1C. The number of fused-ring (bicyclic) bond motifs is 1. The lowest BCUT2D eigenvalue weighted by molar-refractivity contribution is 0.199. The second kappa shape index (κ2) is 15.4. The normalized spacial score (nSPS) is 12.7. The summed E-state index contributed by atoms with van der Waals surface area (Å²) in [6.07, 6.45) is 10.2. The third-order valence-electron chi connectivity index (χ3n) is 7.00. The topological polar surface area (TPSA) is 73.8 Å². The van der Waals surface area contributed by atoms with Gasteiger partial charge in [-0.15, -0.1) is 0 Å². The van der Waals surface area contributed by atoms with Crippen molar-refractivity contribution < 1.29 is 9.84 Å². The van der Waals surface area contributed by atoms with E-state index < -0.39 is 0 Å². The van der Waals surface area contributed by atoms with Crippen molar-refractivity contribution in [3.63, 3.8) is 0 Å². The minimum Gasteiger partial charge on any atom is -0.395 e. The molecule has 4 rings (SSSR count). The fourth-order valence-electron chi connectivity index (χ4n) is 4.59. The number of nitrogens with one attached hydrogen (secondary N) is 1. The van der Waals surface area contributed by atoms with Gasteiger partial charge < -0.3 is 25.0 Å². The van der Waals surface area contributed by atoms with Gasteiger partial charge in [0.2, 0.25) is 0 Å². The third kappa shape index (κ3) is 8.79. The van der Waals surface area contributed by atoms with E-state index in [1.54, 1.807) is 7.11 Å². The van der Waals surface area contributed by atoms with Gasteiger partial charge in [0.25, 0.3) is 0 Å². The molecule has 1 aliphatic rings. The van der Waals surface area contributed by atoms with Gasteiger partial charge >= 0.3 is 0 Å². The Morgan fingerprint density at radius 2 is 1.87 bits per heavy atom. The number of aliphatic hydroxyl groups is 1. The highest BCUT2D eigenvalue weighted by Crippen LogP contribution is 2.29. The van der Waals surface area contributed by atoms with Gasteiger partial charge in [0.05, 0.1) is 18.5 Å². The first kappa shape index (κ1) is 29.6. The molecule has 2 N–H and O–H groups in total. The second-order valence-electron chi connectivity index (χ2n) is 10.1. The number of hydrogen-bond donors (Lipinski definition) is 2. The van der Waals surface area contributed by atoms with Crippen LogP contribution in [0.5, 0.6) is 0 Å².